The maximum atomic E-state index is 13.4. The predicted octanol–water partition coefficient (Wildman–Crippen LogP) is 3.88. The molecule has 35 heavy (non-hydrogen) atoms. The molecule has 1 aliphatic heterocycles. The molecule has 2 amide bonds. The van der Waals surface area contributed by atoms with E-state index in [2.05, 4.69) is 5.32 Å². The molecule has 1 aliphatic rings. The Kier molecular flexibility index (Phi) is 7.55. The van der Waals surface area contributed by atoms with Crippen LogP contribution in [0.4, 0.5) is 0 Å². The Morgan fingerprint density at radius 2 is 1.54 bits per heavy atom. The summed E-state index contributed by atoms with van der Waals surface area (Å²) in [7, 11) is 4.78. The van der Waals surface area contributed by atoms with Crippen molar-refractivity contribution in [2.45, 2.75) is 12.5 Å². The van der Waals surface area contributed by atoms with E-state index in [4.69, 9.17) is 14.2 Å². The second-order valence-corrected chi connectivity index (χ2v) is 8.46. The molecule has 2 unspecified atom stereocenters. The summed E-state index contributed by atoms with van der Waals surface area (Å²) in [6.07, 6.45) is 0. The smallest absolute Gasteiger partial charge is 0.253 e. The van der Waals surface area contributed by atoms with Gasteiger partial charge < -0.3 is 24.4 Å². The van der Waals surface area contributed by atoms with Crippen LogP contribution < -0.4 is 19.5 Å². The summed E-state index contributed by atoms with van der Waals surface area (Å²) in [5.41, 5.74) is 2.44. The van der Waals surface area contributed by atoms with E-state index in [9.17, 15) is 9.59 Å². The fourth-order valence-corrected chi connectivity index (χ4v) is 4.51. The summed E-state index contributed by atoms with van der Waals surface area (Å²) in [6.45, 7) is 1.14. The van der Waals surface area contributed by atoms with Crippen LogP contribution >= 0.6 is 0 Å². The van der Waals surface area contributed by atoms with Crippen molar-refractivity contribution < 1.29 is 23.8 Å². The molecule has 0 saturated carbocycles. The molecule has 1 N–H and O–H groups in total. The van der Waals surface area contributed by atoms with Gasteiger partial charge in [0, 0.05) is 42.7 Å². The van der Waals surface area contributed by atoms with E-state index in [1.54, 1.807) is 50.5 Å². The summed E-state index contributed by atoms with van der Waals surface area (Å²) in [5, 5.41) is 3.06. The van der Waals surface area contributed by atoms with Gasteiger partial charge in [-0.25, -0.2) is 0 Å². The predicted molar refractivity (Wildman–Crippen MR) is 133 cm³/mol. The Morgan fingerprint density at radius 3 is 2.20 bits per heavy atom. The van der Waals surface area contributed by atoms with Crippen LogP contribution in [0.3, 0.4) is 0 Å². The average molecular weight is 475 g/mol. The van der Waals surface area contributed by atoms with Gasteiger partial charge >= 0.3 is 0 Å². The molecule has 3 aromatic rings. The molecule has 7 heteroatoms. The largest absolute Gasteiger partial charge is 0.497 e. The molecule has 3 aromatic carbocycles. The molecule has 0 aliphatic carbocycles. The maximum Gasteiger partial charge on any atom is 0.253 e. The number of hydrogen-bond acceptors (Lipinski definition) is 5. The van der Waals surface area contributed by atoms with Crippen molar-refractivity contribution in [2.75, 3.05) is 34.4 Å². The lowest BCUT2D eigenvalue weighted by Crippen LogP contribution is -2.35. The topological polar surface area (TPSA) is 77.1 Å². The van der Waals surface area contributed by atoms with Crippen molar-refractivity contribution in [1.29, 1.82) is 0 Å². The van der Waals surface area contributed by atoms with Crippen LogP contribution in [0.5, 0.6) is 17.2 Å². The Balaban J connectivity index is 1.60. The van der Waals surface area contributed by atoms with E-state index in [0.717, 1.165) is 11.1 Å². The molecular formula is C28H30N2O5. The van der Waals surface area contributed by atoms with Gasteiger partial charge in [0.05, 0.1) is 27.2 Å². The summed E-state index contributed by atoms with van der Waals surface area (Å²) in [6, 6.07) is 22.4. The zero-order valence-corrected chi connectivity index (χ0v) is 20.2. The van der Waals surface area contributed by atoms with Crippen LogP contribution in [0.1, 0.15) is 27.4 Å². The number of nitrogens with one attached hydrogen (secondary N) is 1. The van der Waals surface area contributed by atoms with Gasteiger partial charge in [0.25, 0.3) is 5.91 Å². The highest BCUT2D eigenvalue weighted by atomic mass is 16.5. The van der Waals surface area contributed by atoms with Gasteiger partial charge in [-0.15, -0.1) is 0 Å². The van der Waals surface area contributed by atoms with Gasteiger partial charge in [-0.1, -0.05) is 36.4 Å². The van der Waals surface area contributed by atoms with Crippen molar-refractivity contribution in [1.82, 2.24) is 10.2 Å². The number of ether oxygens (including phenoxy) is 3. The average Bonchev–Trinajstić information content (AvgIpc) is 3.37. The molecule has 1 heterocycles. The van der Waals surface area contributed by atoms with Crippen LogP contribution in [0.15, 0.2) is 72.8 Å². The van der Waals surface area contributed by atoms with Gasteiger partial charge in [0.15, 0.2) is 0 Å². The highest BCUT2D eigenvalue weighted by Crippen LogP contribution is 2.39. The molecule has 0 spiro atoms. The van der Waals surface area contributed by atoms with Crippen LogP contribution in [-0.4, -0.2) is 51.1 Å². The van der Waals surface area contributed by atoms with E-state index in [-0.39, 0.29) is 17.7 Å². The Labute approximate surface area is 205 Å². The lowest BCUT2D eigenvalue weighted by Gasteiger charge is -2.21. The van der Waals surface area contributed by atoms with E-state index >= 15 is 0 Å². The number of amides is 2. The zero-order chi connectivity index (χ0) is 24.8. The van der Waals surface area contributed by atoms with Crippen LogP contribution in [0, 0.1) is 5.92 Å². The van der Waals surface area contributed by atoms with E-state index < -0.39 is 5.92 Å². The van der Waals surface area contributed by atoms with E-state index in [1.165, 1.54) is 0 Å². The lowest BCUT2D eigenvalue weighted by molar-refractivity contribution is -0.125. The molecule has 182 valence electrons. The first-order valence-corrected chi connectivity index (χ1v) is 11.5. The van der Waals surface area contributed by atoms with Crippen LogP contribution in [0.2, 0.25) is 0 Å². The summed E-state index contributed by atoms with van der Waals surface area (Å²) >= 11 is 0. The van der Waals surface area contributed by atoms with Gasteiger partial charge in [-0.3, -0.25) is 9.59 Å². The second-order valence-electron chi connectivity index (χ2n) is 8.46. The molecule has 0 aromatic heterocycles. The molecular weight excluding hydrogens is 444 g/mol. The van der Waals surface area contributed by atoms with Gasteiger partial charge in [-0.2, -0.15) is 0 Å². The van der Waals surface area contributed by atoms with Crippen molar-refractivity contribution in [3.63, 3.8) is 0 Å². The monoisotopic (exact) mass is 474 g/mol. The first-order chi connectivity index (χ1) is 17.0. The summed E-state index contributed by atoms with van der Waals surface area (Å²) in [4.78, 5) is 28.4. The highest BCUT2D eigenvalue weighted by Gasteiger charge is 2.41. The third kappa shape index (κ3) is 5.40. The number of carbonyl (C=O) groups is 2. The number of methoxy groups -OCH3 is 3. The van der Waals surface area contributed by atoms with Crippen molar-refractivity contribution >= 4 is 11.8 Å². The molecule has 2 atom stereocenters. The number of rotatable bonds is 8. The first-order valence-electron chi connectivity index (χ1n) is 11.5. The van der Waals surface area contributed by atoms with Crippen LogP contribution in [0.25, 0.3) is 0 Å². The Morgan fingerprint density at radius 1 is 0.857 bits per heavy atom. The molecule has 1 saturated heterocycles. The number of benzene rings is 3. The quantitative estimate of drug-likeness (QED) is 0.536. The summed E-state index contributed by atoms with van der Waals surface area (Å²) < 4.78 is 16.2. The molecule has 4 rings (SSSR count). The third-order valence-corrected chi connectivity index (χ3v) is 6.43. The zero-order valence-electron chi connectivity index (χ0n) is 20.2. The molecule has 1 fully saturated rings. The number of nitrogens with zero attached hydrogens (tertiary/aromatic N) is 1. The fourth-order valence-electron chi connectivity index (χ4n) is 4.51. The normalized spacial score (nSPS) is 17.1. The minimum Gasteiger partial charge on any atom is -0.497 e. The van der Waals surface area contributed by atoms with Gasteiger partial charge in [0.1, 0.15) is 17.2 Å². The lowest BCUT2D eigenvalue weighted by atomic mass is 9.87. The Bertz CT molecular complexity index is 1160. The van der Waals surface area contributed by atoms with Crippen molar-refractivity contribution in [3.05, 3.63) is 89.5 Å². The number of hydrogen-bond donors (Lipinski definition) is 1. The number of carbonyl (C=O) groups excluding carboxylic acids is 2. The SMILES string of the molecule is COc1ccc(C(=O)N2CC(C(=O)NCc3ccccc3)C(c3ccc(OC)cc3OC)C2)cc1. The molecule has 0 radical (unpaired) electrons. The second kappa shape index (κ2) is 11.0. The standard InChI is InChI=1S/C28H30N2O5/c1-33-21-11-9-20(10-12-21)28(32)30-17-24(23-14-13-22(34-2)15-26(23)35-3)25(18-30)27(31)29-16-19-7-5-4-6-8-19/h4-15,24-25H,16-18H2,1-3H3,(H,29,31). The molecule has 0 bridgehead atoms. The van der Waals surface area contributed by atoms with Crippen molar-refractivity contribution in [3.8, 4) is 17.2 Å². The highest BCUT2D eigenvalue weighted by molar-refractivity contribution is 5.95. The summed E-state index contributed by atoms with van der Waals surface area (Å²) in [5.74, 6) is 1.11. The third-order valence-electron chi connectivity index (χ3n) is 6.43. The van der Waals surface area contributed by atoms with Crippen LogP contribution in [-0.2, 0) is 11.3 Å². The van der Waals surface area contributed by atoms with E-state index in [1.807, 2.05) is 48.5 Å². The first kappa shape index (κ1) is 24.1. The Hall–Kier alpha value is -4.00. The van der Waals surface area contributed by atoms with Gasteiger partial charge in [-0.05, 0) is 35.9 Å². The minimum absolute atomic E-state index is 0.0956. The fraction of sp³-hybridized carbons (Fsp3) is 0.286. The maximum absolute atomic E-state index is 13.4. The molecule has 7 nitrogen and oxygen atoms in total. The van der Waals surface area contributed by atoms with Crippen molar-refractivity contribution in [2.24, 2.45) is 5.92 Å². The van der Waals surface area contributed by atoms with Gasteiger partial charge in [0.2, 0.25) is 5.91 Å². The van der Waals surface area contributed by atoms with E-state index in [0.29, 0.717) is 42.4 Å². The minimum atomic E-state index is -0.428. The number of likely N-dealkylation sites (tertiary alicyclic amines) is 1.